The smallest absolute Gasteiger partial charge is 0.262 e. The zero-order valence-electron chi connectivity index (χ0n) is 32.2. The van der Waals surface area contributed by atoms with Crippen LogP contribution in [0.4, 0.5) is 11.6 Å². The SMILES string of the molecule is CC1CN(c2nccc(COc3ccc(C(C)(C)c4ccc(O[C@H]5C[C@H](Nc6ccc7c(c6)C(=O)N(C6CCC(=O)NC6=O)C7=O)C5)cc4)cc3)n2)CCN1C. The van der Waals surface area contributed by atoms with Crippen molar-refractivity contribution >= 4 is 35.3 Å². The van der Waals surface area contributed by atoms with Crippen molar-refractivity contribution in [1.29, 1.82) is 0 Å². The van der Waals surface area contributed by atoms with E-state index in [1.165, 1.54) is 11.1 Å². The Kier molecular flexibility index (Phi) is 9.96. The molecule has 2 saturated heterocycles. The van der Waals surface area contributed by atoms with Crippen molar-refractivity contribution < 1.29 is 28.7 Å². The molecule has 3 aliphatic heterocycles. The molecule has 13 nitrogen and oxygen atoms in total. The number of benzene rings is 3. The second kappa shape index (κ2) is 15.0. The van der Waals surface area contributed by atoms with E-state index < -0.39 is 29.7 Å². The Labute approximate surface area is 326 Å². The van der Waals surface area contributed by atoms with Gasteiger partial charge in [0.2, 0.25) is 17.8 Å². The second-order valence-corrected chi connectivity index (χ2v) is 15.8. The number of piperidine rings is 1. The Balaban J connectivity index is 0.811. The van der Waals surface area contributed by atoms with Crippen LogP contribution in [0.5, 0.6) is 11.5 Å². The van der Waals surface area contributed by atoms with Gasteiger partial charge in [-0.15, -0.1) is 0 Å². The maximum atomic E-state index is 13.2. The van der Waals surface area contributed by atoms with E-state index in [-0.39, 0.29) is 41.5 Å². The van der Waals surface area contributed by atoms with Crippen LogP contribution >= 0.6 is 0 Å². The van der Waals surface area contributed by atoms with E-state index >= 15 is 0 Å². The van der Waals surface area contributed by atoms with Crippen molar-refractivity contribution in [1.82, 2.24) is 25.1 Å². The Hall–Kier alpha value is -5.82. The molecule has 3 aromatic carbocycles. The third kappa shape index (κ3) is 7.43. The highest BCUT2D eigenvalue weighted by Gasteiger charge is 2.45. The second-order valence-electron chi connectivity index (χ2n) is 15.8. The van der Waals surface area contributed by atoms with Crippen molar-refractivity contribution in [2.24, 2.45) is 0 Å². The number of rotatable bonds is 11. The number of aromatic nitrogens is 2. The molecule has 1 aromatic heterocycles. The minimum atomic E-state index is -0.985. The zero-order chi connectivity index (χ0) is 39.1. The van der Waals surface area contributed by atoms with E-state index in [0.29, 0.717) is 12.6 Å². The molecule has 2 N–H and O–H groups in total. The topological polar surface area (TPSA) is 146 Å². The number of carbonyl (C=O) groups excluding carboxylic acids is 4. The number of anilines is 2. The van der Waals surface area contributed by atoms with Gasteiger partial charge >= 0.3 is 0 Å². The third-order valence-electron chi connectivity index (χ3n) is 11.7. The Morgan fingerprint density at radius 3 is 2.27 bits per heavy atom. The van der Waals surface area contributed by atoms with Gasteiger partial charge in [0.1, 0.15) is 30.3 Å². The van der Waals surface area contributed by atoms with Crippen molar-refractivity contribution in [2.75, 3.05) is 36.9 Å². The Morgan fingerprint density at radius 2 is 1.57 bits per heavy atom. The summed E-state index contributed by atoms with van der Waals surface area (Å²) >= 11 is 0. The van der Waals surface area contributed by atoms with E-state index in [0.717, 1.165) is 66.2 Å². The van der Waals surface area contributed by atoms with Gasteiger partial charge in [0.05, 0.1) is 16.8 Å². The standard InChI is InChI=1S/C43H47N7O6/c1-26-24-49(20-19-48(26)4)42-44-18-17-30(46-42)25-55-32-10-5-27(6-11-32)43(2,3)28-7-12-33(13-8-28)56-34-21-31(22-34)45-29-9-14-35-36(23-29)41(54)50(40(35)53)37-15-16-38(51)47-39(37)52/h5-14,17-18,23,26,31,34,37,45H,15-16,19-22,24-25H2,1-4H3,(H,47,51,52)/t26?,31-,34-,37?. The largest absolute Gasteiger partial charge is 0.490 e. The van der Waals surface area contributed by atoms with Crippen molar-refractivity contribution in [3.05, 3.63) is 107 Å². The lowest BCUT2D eigenvalue weighted by atomic mass is 9.78. The summed E-state index contributed by atoms with van der Waals surface area (Å²) in [6.07, 6.45) is 3.62. The fourth-order valence-corrected chi connectivity index (χ4v) is 7.86. The van der Waals surface area contributed by atoms with Crippen LogP contribution in [0, 0.1) is 0 Å². The number of fused-ring (bicyclic) bond motifs is 1. The minimum absolute atomic E-state index is 0.0454. The normalized spacial score (nSPS) is 22.7. The molecule has 0 spiro atoms. The lowest BCUT2D eigenvalue weighted by Crippen LogP contribution is -2.54. The van der Waals surface area contributed by atoms with E-state index in [1.54, 1.807) is 18.2 Å². The van der Waals surface area contributed by atoms with Crippen LogP contribution in [-0.4, -0.2) is 94.3 Å². The van der Waals surface area contributed by atoms with Gasteiger partial charge in [-0.25, -0.2) is 9.97 Å². The van der Waals surface area contributed by atoms with E-state index in [9.17, 15) is 19.2 Å². The molecule has 3 fully saturated rings. The van der Waals surface area contributed by atoms with Crippen LogP contribution in [0.25, 0.3) is 0 Å². The first kappa shape index (κ1) is 37.1. The van der Waals surface area contributed by atoms with Crippen molar-refractivity contribution in [3.63, 3.8) is 0 Å². The summed E-state index contributed by atoms with van der Waals surface area (Å²) < 4.78 is 12.4. The Morgan fingerprint density at radius 1 is 0.875 bits per heavy atom. The van der Waals surface area contributed by atoms with Gasteiger partial charge in [-0.05, 0) is 80.1 Å². The first-order chi connectivity index (χ1) is 26.9. The molecule has 56 heavy (non-hydrogen) atoms. The highest BCUT2D eigenvalue weighted by molar-refractivity contribution is 6.23. The lowest BCUT2D eigenvalue weighted by Gasteiger charge is -2.37. The number of nitrogens with zero attached hydrogens (tertiary/aromatic N) is 5. The van der Waals surface area contributed by atoms with Gasteiger partial charge in [-0.3, -0.25) is 29.4 Å². The summed E-state index contributed by atoms with van der Waals surface area (Å²) in [5.41, 5.74) is 4.18. The number of imide groups is 2. The molecular weight excluding hydrogens is 711 g/mol. The van der Waals surface area contributed by atoms with Crippen LogP contribution in [0.1, 0.15) is 84.0 Å². The number of hydrogen-bond donors (Lipinski definition) is 2. The highest BCUT2D eigenvalue weighted by Crippen LogP contribution is 2.36. The summed E-state index contributed by atoms with van der Waals surface area (Å²) in [6, 6.07) is 23.1. The summed E-state index contributed by atoms with van der Waals surface area (Å²) in [5.74, 6) is 0.293. The van der Waals surface area contributed by atoms with E-state index in [2.05, 4.69) is 77.5 Å². The van der Waals surface area contributed by atoms with Gasteiger partial charge in [-0.2, -0.15) is 0 Å². The highest BCUT2D eigenvalue weighted by atomic mass is 16.5. The maximum absolute atomic E-state index is 13.2. The molecule has 1 saturated carbocycles. The van der Waals surface area contributed by atoms with E-state index in [1.807, 2.05) is 36.5 Å². The molecule has 8 rings (SSSR count). The molecule has 0 bridgehead atoms. The van der Waals surface area contributed by atoms with Gasteiger partial charge in [0.15, 0.2) is 0 Å². The summed E-state index contributed by atoms with van der Waals surface area (Å²) in [7, 11) is 2.15. The number of amides is 4. The summed E-state index contributed by atoms with van der Waals surface area (Å²) in [6.45, 7) is 9.80. The fourth-order valence-electron chi connectivity index (χ4n) is 7.86. The molecule has 4 aliphatic rings. The van der Waals surface area contributed by atoms with Crippen LogP contribution in [0.3, 0.4) is 0 Å². The number of nitrogens with one attached hydrogen (secondary N) is 2. The number of ether oxygens (including phenoxy) is 2. The fraction of sp³-hybridized carbons (Fsp3) is 0.395. The van der Waals surface area contributed by atoms with Gasteiger partial charge < -0.3 is 24.6 Å². The summed E-state index contributed by atoms with van der Waals surface area (Å²) in [4.78, 5) is 65.0. The van der Waals surface area contributed by atoms with Gasteiger partial charge in [-0.1, -0.05) is 38.1 Å². The molecule has 290 valence electrons. The first-order valence-corrected chi connectivity index (χ1v) is 19.3. The number of hydrogen-bond acceptors (Lipinski definition) is 11. The van der Waals surface area contributed by atoms with E-state index in [4.69, 9.17) is 14.5 Å². The molecule has 4 heterocycles. The molecule has 0 radical (unpaired) electrons. The lowest BCUT2D eigenvalue weighted by molar-refractivity contribution is -0.136. The van der Waals surface area contributed by atoms with Gasteiger partial charge in [0, 0.05) is 68.3 Å². The molecular formula is C43H47N7O6. The molecule has 13 heteroatoms. The van der Waals surface area contributed by atoms with Crippen molar-refractivity contribution in [2.45, 2.75) is 82.7 Å². The molecule has 2 unspecified atom stereocenters. The van der Waals surface area contributed by atoms with Crippen LogP contribution in [0.2, 0.25) is 0 Å². The van der Waals surface area contributed by atoms with Crippen LogP contribution in [-0.2, 0) is 21.6 Å². The monoisotopic (exact) mass is 757 g/mol. The summed E-state index contributed by atoms with van der Waals surface area (Å²) in [5, 5.41) is 5.67. The van der Waals surface area contributed by atoms with Crippen LogP contribution in [0.15, 0.2) is 79.0 Å². The molecule has 4 amide bonds. The number of piperazine rings is 1. The zero-order valence-corrected chi connectivity index (χ0v) is 32.2. The average molecular weight is 758 g/mol. The number of likely N-dealkylation sites (N-methyl/N-ethyl adjacent to an activating group) is 1. The van der Waals surface area contributed by atoms with Crippen LogP contribution < -0.4 is 25.0 Å². The molecule has 2 atom stereocenters. The Bertz CT molecular complexity index is 2150. The minimum Gasteiger partial charge on any atom is -0.490 e. The quantitative estimate of drug-likeness (QED) is 0.201. The van der Waals surface area contributed by atoms with Crippen molar-refractivity contribution in [3.8, 4) is 11.5 Å². The predicted octanol–water partition coefficient (Wildman–Crippen LogP) is 4.94. The predicted molar refractivity (Wildman–Crippen MR) is 210 cm³/mol. The molecule has 1 aliphatic carbocycles. The van der Waals surface area contributed by atoms with Gasteiger partial charge in [0.25, 0.3) is 11.8 Å². The first-order valence-electron chi connectivity index (χ1n) is 19.3. The maximum Gasteiger partial charge on any atom is 0.262 e. The average Bonchev–Trinajstić information content (AvgIpc) is 3.42. The number of carbonyl (C=O) groups is 4. The molecule has 4 aromatic rings. The third-order valence-corrected chi connectivity index (χ3v) is 11.7.